The maximum Gasteiger partial charge on any atom is 0.330 e. The first-order valence-corrected chi connectivity index (χ1v) is 6.17. The zero-order valence-corrected chi connectivity index (χ0v) is 11.5. The molecule has 0 saturated carbocycles. The Morgan fingerprint density at radius 2 is 2.21 bits per heavy atom. The Bertz CT molecular complexity index is 422. The van der Waals surface area contributed by atoms with Crippen molar-refractivity contribution in [1.82, 2.24) is 15.2 Å². The number of carboxylic acid groups (broad SMARTS) is 1. The molecule has 0 aliphatic heterocycles. The van der Waals surface area contributed by atoms with E-state index in [4.69, 9.17) is 0 Å². The van der Waals surface area contributed by atoms with E-state index in [2.05, 4.69) is 10.3 Å². The number of aromatic nitrogens is 1. The van der Waals surface area contributed by atoms with Gasteiger partial charge in [0.2, 0.25) is 0 Å². The number of nitrogens with zero attached hydrogens (tertiary/aromatic N) is 2. The van der Waals surface area contributed by atoms with Crippen LogP contribution in [0.4, 0.5) is 4.39 Å². The summed E-state index contributed by atoms with van der Waals surface area (Å²) in [5, 5.41) is 12.5. The van der Waals surface area contributed by atoms with Crippen molar-refractivity contribution in [2.45, 2.75) is 18.9 Å². The number of likely N-dealkylation sites (N-methyl/N-ethyl adjacent to an activating group) is 1. The normalized spacial score (nSPS) is 14.4. The molecule has 0 aliphatic carbocycles. The maximum absolute atomic E-state index is 12.9. The smallest absolute Gasteiger partial charge is 0.330 e. The number of halogens is 1. The van der Waals surface area contributed by atoms with Crippen molar-refractivity contribution in [1.29, 1.82) is 0 Å². The fraction of sp³-hybridized carbons (Fsp3) is 0.538. The van der Waals surface area contributed by atoms with Gasteiger partial charge in [0.05, 0.1) is 11.9 Å². The largest absolute Gasteiger partial charge is 0.480 e. The fourth-order valence-corrected chi connectivity index (χ4v) is 1.85. The summed E-state index contributed by atoms with van der Waals surface area (Å²) in [6.45, 7) is 2.98. The number of aliphatic carboxylic acids is 1. The van der Waals surface area contributed by atoms with Gasteiger partial charge < -0.3 is 10.0 Å². The number of rotatable bonds is 7. The first kappa shape index (κ1) is 15.5. The number of hydrogen-bond acceptors (Lipinski definition) is 4. The quantitative estimate of drug-likeness (QED) is 0.775. The number of nitrogens with one attached hydrogen (secondary N) is 1. The van der Waals surface area contributed by atoms with Crippen molar-refractivity contribution in [3.05, 3.63) is 29.8 Å². The van der Waals surface area contributed by atoms with Crippen molar-refractivity contribution in [3.8, 4) is 0 Å². The summed E-state index contributed by atoms with van der Waals surface area (Å²) in [5.41, 5.74) is -0.952. The second kappa shape index (κ2) is 6.58. The maximum atomic E-state index is 12.9. The summed E-state index contributed by atoms with van der Waals surface area (Å²) in [7, 11) is 3.82. The molecule has 0 aliphatic rings. The zero-order chi connectivity index (χ0) is 14.5. The monoisotopic (exact) mass is 269 g/mol. The molecule has 6 heteroatoms. The van der Waals surface area contributed by atoms with Crippen LogP contribution >= 0.6 is 0 Å². The van der Waals surface area contributed by atoms with Crippen LogP contribution in [-0.4, -0.2) is 48.1 Å². The third-order valence-corrected chi connectivity index (χ3v) is 3.05. The van der Waals surface area contributed by atoms with Gasteiger partial charge in [-0.3, -0.25) is 10.3 Å². The molecule has 1 aromatic rings. The standard InChI is InChI=1S/C13H20FN3O2/c1-4-13(12(18)19,16-7-8-17(2)3)11-6-5-10(14)9-15-11/h5-6,9,16H,4,7-8H2,1-3H3,(H,18,19). The minimum atomic E-state index is -1.27. The number of pyridine rings is 1. The Morgan fingerprint density at radius 1 is 1.53 bits per heavy atom. The molecule has 2 N–H and O–H groups in total. The van der Waals surface area contributed by atoms with Crippen LogP contribution in [0.15, 0.2) is 18.3 Å². The molecular weight excluding hydrogens is 249 g/mol. The Morgan fingerprint density at radius 3 is 2.63 bits per heavy atom. The van der Waals surface area contributed by atoms with E-state index in [1.54, 1.807) is 6.92 Å². The minimum absolute atomic E-state index is 0.322. The van der Waals surface area contributed by atoms with Crippen molar-refractivity contribution in [3.63, 3.8) is 0 Å². The highest BCUT2D eigenvalue weighted by molar-refractivity contribution is 5.80. The molecule has 0 radical (unpaired) electrons. The summed E-state index contributed by atoms with van der Waals surface area (Å²) in [4.78, 5) is 17.5. The van der Waals surface area contributed by atoms with Crippen LogP contribution in [0.2, 0.25) is 0 Å². The Kier molecular flexibility index (Phi) is 5.38. The lowest BCUT2D eigenvalue weighted by Crippen LogP contribution is -2.51. The van der Waals surface area contributed by atoms with E-state index < -0.39 is 17.3 Å². The molecule has 0 aromatic carbocycles. The molecule has 19 heavy (non-hydrogen) atoms. The van der Waals surface area contributed by atoms with E-state index in [-0.39, 0.29) is 0 Å². The number of carbonyl (C=O) groups is 1. The van der Waals surface area contributed by atoms with Crippen LogP contribution in [-0.2, 0) is 10.3 Å². The SMILES string of the molecule is CCC(NCCN(C)C)(C(=O)O)c1ccc(F)cn1. The molecule has 1 unspecified atom stereocenters. The number of hydrogen-bond donors (Lipinski definition) is 2. The fourth-order valence-electron chi connectivity index (χ4n) is 1.85. The van der Waals surface area contributed by atoms with E-state index in [1.165, 1.54) is 12.1 Å². The van der Waals surface area contributed by atoms with Gasteiger partial charge in [-0.15, -0.1) is 0 Å². The summed E-state index contributed by atoms with van der Waals surface area (Å²) >= 11 is 0. The molecule has 0 saturated heterocycles. The van der Waals surface area contributed by atoms with Crippen LogP contribution in [0.3, 0.4) is 0 Å². The Balaban J connectivity index is 2.98. The predicted molar refractivity (Wildman–Crippen MR) is 70.4 cm³/mol. The molecule has 106 valence electrons. The van der Waals surface area contributed by atoms with Crippen molar-refractivity contribution in [2.75, 3.05) is 27.2 Å². The molecule has 1 atom stereocenters. The topological polar surface area (TPSA) is 65.5 Å². The zero-order valence-electron chi connectivity index (χ0n) is 11.5. The summed E-state index contributed by atoms with van der Waals surface area (Å²) in [6, 6.07) is 2.64. The third-order valence-electron chi connectivity index (χ3n) is 3.05. The molecule has 0 fully saturated rings. The van der Waals surface area contributed by atoms with E-state index in [0.29, 0.717) is 25.2 Å². The van der Waals surface area contributed by atoms with E-state index in [1.807, 2.05) is 19.0 Å². The molecule has 0 amide bonds. The van der Waals surface area contributed by atoms with Crippen LogP contribution in [0, 0.1) is 5.82 Å². The van der Waals surface area contributed by atoms with Gasteiger partial charge in [0.1, 0.15) is 5.82 Å². The van der Waals surface area contributed by atoms with E-state index >= 15 is 0 Å². The Labute approximate surface area is 112 Å². The van der Waals surface area contributed by atoms with Crippen molar-refractivity contribution >= 4 is 5.97 Å². The molecule has 0 spiro atoms. The van der Waals surface area contributed by atoms with Gasteiger partial charge in [-0.2, -0.15) is 0 Å². The van der Waals surface area contributed by atoms with Gasteiger partial charge in [-0.1, -0.05) is 6.92 Å². The Hall–Kier alpha value is -1.53. The van der Waals surface area contributed by atoms with Crippen LogP contribution in [0.1, 0.15) is 19.0 Å². The van der Waals surface area contributed by atoms with Crippen LogP contribution < -0.4 is 5.32 Å². The highest BCUT2D eigenvalue weighted by Crippen LogP contribution is 2.23. The minimum Gasteiger partial charge on any atom is -0.480 e. The molecule has 0 bridgehead atoms. The average Bonchev–Trinajstić information content (AvgIpc) is 2.35. The lowest BCUT2D eigenvalue weighted by molar-refractivity contribution is -0.145. The highest BCUT2D eigenvalue weighted by Gasteiger charge is 2.39. The summed E-state index contributed by atoms with van der Waals surface area (Å²) in [5.74, 6) is -1.49. The van der Waals surface area contributed by atoms with Crippen LogP contribution in [0.25, 0.3) is 0 Å². The predicted octanol–water partition coefficient (Wildman–Crippen LogP) is 1.06. The van der Waals surface area contributed by atoms with Crippen molar-refractivity contribution < 1.29 is 14.3 Å². The molecular formula is C13H20FN3O2. The van der Waals surface area contributed by atoms with Gasteiger partial charge in [-0.25, -0.2) is 9.18 Å². The van der Waals surface area contributed by atoms with E-state index in [9.17, 15) is 14.3 Å². The van der Waals surface area contributed by atoms with Gasteiger partial charge in [0.25, 0.3) is 0 Å². The number of carboxylic acids is 1. The summed E-state index contributed by atoms with van der Waals surface area (Å²) in [6.07, 6.45) is 1.37. The lowest BCUT2D eigenvalue weighted by Gasteiger charge is -2.29. The third kappa shape index (κ3) is 3.71. The summed E-state index contributed by atoms with van der Waals surface area (Å²) < 4.78 is 12.9. The lowest BCUT2D eigenvalue weighted by atomic mass is 9.91. The second-order valence-corrected chi connectivity index (χ2v) is 4.66. The molecule has 1 rings (SSSR count). The van der Waals surface area contributed by atoms with Gasteiger partial charge in [0, 0.05) is 13.1 Å². The molecule has 1 aromatic heterocycles. The average molecular weight is 269 g/mol. The van der Waals surface area contributed by atoms with Gasteiger partial charge >= 0.3 is 5.97 Å². The molecule has 5 nitrogen and oxygen atoms in total. The van der Waals surface area contributed by atoms with Gasteiger partial charge in [-0.05, 0) is 32.6 Å². The van der Waals surface area contributed by atoms with Crippen LogP contribution in [0.5, 0.6) is 0 Å². The molecule has 1 heterocycles. The highest BCUT2D eigenvalue weighted by atomic mass is 19.1. The second-order valence-electron chi connectivity index (χ2n) is 4.66. The first-order valence-electron chi connectivity index (χ1n) is 6.17. The van der Waals surface area contributed by atoms with E-state index in [0.717, 1.165) is 6.20 Å². The first-order chi connectivity index (χ1) is 8.92. The van der Waals surface area contributed by atoms with Gasteiger partial charge in [0.15, 0.2) is 5.54 Å². The van der Waals surface area contributed by atoms with Crippen molar-refractivity contribution in [2.24, 2.45) is 0 Å².